The van der Waals surface area contributed by atoms with Crippen LogP contribution in [0.2, 0.25) is 0 Å². The predicted octanol–water partition coefficient (Wildman–Crippen LogP) is 3.67. The van der Waals surface area contributed by atoms with Gasteiger partial charge in [-0.2, -0.15) is 0 Å². The van der Waals surface area contributed by atoms with Gasteiger partial charge in [0, 0.05) is 30.1 Å². The zero-order valence-corrected chi connectivity index (χ0v) is 15.5. The van der Waals surface area contributed by atoms with E-state index in [0.717, 1.165) is 36.5 Å². The molecule has 0 unspecified atom stereocenters. The summed E-state index contributed by atoms with van der Waals surface area (Å²) in [6.07, 6.45) is 3.40. The second-order valence-corrected chi connectivity index (χ2v) is 6.54. The first kappa shape index (κ1) is 17.9. The molecule has 0 spiro atoms. The Morgan fingerprint density at radius 3 is 2.50 bits per heavy atom. The molecule has 0 amide bonds. The van der Waals surface area contributed by atoms with Gasteiger partial charge in [0.25, 0.3) is 5.56 Å². The Morgan fingerprint density at radius 2 is 1.85 bits per heavy atom. The molecule has 0 aliphatic rings. The molecular formula is C21H24N4O. The molecule has 0 bridgehead atoms. The molecule has 1 aromatic carbocycles. The first-order valence-electron chi connectivity index (χ1n) is 8.91. The molecule has 3 aromatic rings. The summed E-state index contributed by atoms with van der Waals surface area (Å²) in [6, 6.07) is 12.0. The number of nitrogens with zero attached hydrogens (tertiary/aromatic N) is 2. The van der Waals surface area contributed by atoms with Crippen LogP contribution in [0.4, 0.5) is 5.82 Å². The minimum Gasteiger partial charge on any atom is -0.370 e. The number of hydrogen-bond donors (Lipinski definition) is 2. The SMILES string of the molecule is CCc1cc(=O)[nH]c(-c2ccc(NCCc3cc(C)cc(C)c3)nc2)n1. The van der Waals surface area contributed by atoms with Crippen LogP contribution in [0.25, 0.3) is 11.4 Å². The monoisotopic (exact) mass is 348 g/mol. The van der Waals surface area contributed by atoms with E-state index in [1.54, 1.807) is 6.20 Å². The zero-order chi connectivity index (χ0) is 18.5. The lowest BCUT2D eigenvalue weighted by atomic mass is 10.1. The standard InChI is InChI=1S/C21H24N4O/c1-4-18-12-20(26)25-21(24-18)17-5-6-19(23-13-17)22-8-7-16-10-14(2)9-15(3)11-16/h5-6,9-13H,4,7-8H2,1-3H3,(H,22,23)(H,24,25,26). The maximum absolute atomic E-state index is 11.7. The summed E-state index contributed by atoms with van der Waals surface area (Å²) < 4.78 is 0. The van der Waals surface area contributed by atoms with E-state index in [-0.39, 0.29) is 5.56 Å². The molecule has 26 heavy (non-hydrogen) atoms. The van der Waals surface area contributed by atoms with Crippen molar-refractivity contribution in [1.82, 2.24) is 15.0 Å². The average Bonchev–Trinajstić information content (AvgIpc) is 2.61. The van der Waals surface area contributed by atoms with E-state index >= 15 is 0 Å². The number of anilines is 1. The highest BCUT2D eigenvalue weighted by Gasteiger charge is 2.04. The largest absolute Gasteiger partial charge is 0.370 e. The summed E-state index contributed by atoms with van der Waals surface area (Å²) in [6.45, 7) is 7.04. The van der Waals surface area contributed by atoms with Crippen LogP contribution in [-0.4, -0.2) is 21.5 Å². The van der Waals surface area contributed by atoms with Crippen LogP contribution in [0.1, 0.15) is 29.3 Å². The van der Waals surface area contributed by atoms with Gasteiger partial charge < -0.3 is 10.3 Å². The highest BCUT2D eigenvalue weighted by atomic mass is 16.1. The highest BCUT2D eigenvalue weighted by Crippen LogP contribution is 2.15. The molecule has 2 heterocycles. The highest BCUT2D eigenvalue weighted by molar-refractivity contribution is 5.55. The van der Waals surface area contributed by atoms with E-state index in [4.69, 9.17) is 0 Å². The fourth-order valence-corrected chi connectivity index (χ4v) is 3.01. The Balaban J connectivity index is 1.64. The van der Waals surface area contributed by atoms with E-state index in [2.05, 4.69) is 52.3 Å². The number of aromatic nitrogens is 3. The van der Waals surface area contributed by atoms with Crippen LogP contribution in [0.3, 0.4) is 0 Å². The Bertz CT molecular complexity index is 925. The fraction of sp³-hybridized carbons (Fsp3) is 0.286. The summed E-state index contributed by atoms with van der Waals surface area (Å²) in [5.74, 6) is 1.37. The fourth-order valence-electron chi connectivity index (χ4n) is 3.01. The molecule has 5 nitrogen and oxygen atoms in total. The second-order valence-electron chi connectivity index (χ2n) is 6.54. The number of hydrogen-bond acceptors (Lipinski definition) is 4. The summed E-state index contributed by atoms with van der Waals surface area (Å²) in [5.41, 5.74) is 5.35. The third kappa shape index (κ3) is 4.57. The van der Waals surface area contributed by atoms with Gasteiger partial charge >= 0.3 is 0 Å². The van der Waals surface area contributed by atoms with Gasteiger partial charge in [-0.15, -0.1) is 0 Å². The minimum atomic E-state index is -0.137. The lowest BCUT2D eigenvalue weighted by Crippen LogP contribution is -2.10. The van der Waals surface area contributed by atoms with Gasteiger partial charge in [-0.3, -0.25) is 4.79 Å². The van der Waals surface area contributed by atoms with Crippen molar-refractivity contribution in [2.24, 2.45) is 0 Å². The summed E-state index contributed by atoms with van der Waals surface area (Å²) in [5, 5.41) is 3.34. The lowest BCUT2D eigenvalue weighted by Gasteiger charge is -2.08. The molecule has 0 saturated carbocycles. The van der Waals surface area contributed by atoms with Crippen LogP contribution in [-0.2, 0) is 12.8 Å². The van der Waals surface area contributed by atoms with E-state index in [1.165, 1.54) is 22.8 Å². The number of benzene rings is 1. The van der Waals surface area contributed by atoms with Gasteiger partial charge in [0.05, 0.1) is 0 Å². The van der Waals surface area contributed by atoms with Crippen molar-refractivity contribution >= 4 is 5.82 Å². The number of aryl methyl sites for hydroxylation is 3. The van der Waals surface area contributed by atoms with Crippen molar-refractivity contribution < 1.29 is 0 Å². The normalized spacial score (nSPS) is 10.7. The number of pyridine rings is 1. The summed E-state index contributed by atoms with van der Waals surface area (Å²) in [7, 11) is 0. The maximum atomic E-state index is 11.7. The van der Waals surface area contributed by atoms with Crippen molar-refractivity contribution in [3.8, 4) is 11.4 Å². The molecule has 2 N–H and O–H groups in total. The smallest absolute Gasteiger partial charge is 0.251 e. The Morgan fingerprint density at radius 1 is 1.08 bits per heavy atom. The Kier molecular flexibility index (Phi) is 5.46. The van der Waals surface area contributed by atoms with Gasteiger partial charge in [-0.05, 0) is 44.4 Å². The van der Waals surface area contributed by atoms with E-state index in [0.29, 0.717) is 5.82 Å². The third-order valence-corrected chi connectivity index (χ3v) is 4.20. The number of H-pyrrole nitrogens is 1. The maximum Gasteiger partial charge on any atom is 0.251 e. The van der Waals surface area contributed by atoms with E-state index in [1.807, 2.05) is 19.1 Å². The summed E-state index contributed by atoms with van der Waals surface area (Å²) in [4.78, 5) is 23.4. The summed E-state index contributed by atoms with van der Waals surface area (Å²) >= 11 is 0. The van der Waals surface area contributed by atoms with Crippen LogP contribution < -0.4 is 10.9 Å². The Labute approximate surface area is 153 Å². The number of aromatic amines is 1. The van der Waals surface area contributed by atoms with Crippen molar-refractivity contribution in [2.75, 3.05) is 11.9 Å². The average molecular weight is 348 g/mol. The van der Waals surface area contributed by atoms with E-state index < -0.39 is 0 Å². The molecule has 3 rings (SSSR count). The van der Waals surface area contributed by atoms with Crippen molar-refractivity contribution in [2.45, 2.75) is 33.6 Å². The van der Waals surface area contributed by atoms with Crippen molar-refractivity contribution in [3.63, 3.8) is 0 Å². The molecule has 0 radical (unpaired) electrons. The number of rotatable bonds is 6. The topological polar surface area (TPSA) is 70.7 Å². The molecular weight excluding hydrogens is 324 g/mol. The lowest BCUT2D eigenvalue weighted by molar-refractivity contribution is 0.983. The molecule has 0 saturated heterocycles. The van der Waals surface area contributed by atoms with Gasteiger partial charge in [-0.1, -0.05) is 36.2 Å². The number of nitrogens with one attached hydrogen (secondary N) is 2. The van der Waals surface area contributed by atoms with Gasteiger partial charge in [0.2, 0.25) is 0 Å². The van der Waals surface area contributed by atoms with Crippen molar-refractivity contribution in [3.05, 3.63) is 75.3 Å². The molecule has 134 valence electrons. The first-order chi connectivity index (χ1) is 12.5. The minimum absolute atomic E-state index is 0.137. The third-order valence-electron chi connectivity index (χ3n) is 4.20. The van der Waals surface area contributed by atoms with Gasteiger partial charge in [0.1, 0.15) is 11.6 Å². The van der Waals surface area contributed by atoms with Crippen LogP contribution >= 0.6 is 0 Å². The quantitative estimate of drug-likeness (QED) is 0.713. The zero-order valence-electron chi connectivity index (χ0n) is 15.5. The van der Waals surface area contributed by atoms with Gasteiger partial charge in [-0.25, -0.2) is 9.97 Å². The molecule has 0 aliphatic heterocycles. The van der Waals surface area contributed by atoms with Gasteiger partial charge in [0.15, 0.2) is 0 Å². The van der Waals surface area contributed by atoms with Crippen LogP contribution in [0.15, 0.2) is 47.4 Å². The van der Waals surface area contributed by atoms with Crippen LogP contribution in [0.5, 0.6) is 0 Å². The van der Waals surface area contributed by atoms with Crippen LogP contribution in [0, 0.1) is 13.8 Å². The molecule has 2 aromatic heterocycles. The first-order valence-corrected chi connectivity index (χ1v) is 8.91. The molecule has 5 heteroatoms. The van der Waals surface area contributed by atoms with Crippen molar-refractivity contribution in [1.29, 1.82) is 0 Å². The second kappa shape index (κ2) is 7.95. The van der Waals surface area contributed by atoms with E-state index in [9.17, 15) is 4.79 Å². The Hall–Kier alpha value is -2.95. The molecule has 0 aliphatic carbocycles. The molecule has 0 atom stereocenters. The predicted molar refractivity (Wildman–Crippen MR) is 106 cm³/mol. The molecule has 0 fully saturated rings.